The van der Waals surface area contributed by atoms with Gasteiger partial charge in [0.15, 0.2) is 0 Å². The Bertz CT molecular complexity index is 1190. The van der Waals surface area contributed by atoms with Crippen LogP contribution in [0.3, 0.4) is 0 Å². The fraction of sp³-hybridized carbons (Fsp3) is 0.208. The van der Waals surface area contributed by atoms with Crippen LogP contribution in [0.4, 0.5) is 8.78 Å². The fourth-order valence-corrected chi connectivity index (χ4v) is 4.12. The second kappa shape index (κ2) is 9.91. The van der Waals surface area contributed by atoms with Gasteiger partial charge in [-0.25, -0.2) is 8.78 Å². The summed E-state index contributed by atoms with van der Waals surface area (Å²) in [5.41, 5.74) is 0.659. The van der Waals surface area contributed by atoms with Crippen LogP contribution in [0.1, 0.15) is 29.8 Å². The normalized spacial score (nSPS) is 11.4. The lowest BCUT2D eigenvalue weighted by atomic mass is 10.1. The monoisotopic (exact) mass is 459 g/mol. The van der Waals surface area contributed by atoms with Crippen molar-refractivity contribution in [3.63, 3.8) is 0 Å². The molecule has 3 aromatic rings. The van der Waals surface area contributed by atoms with E-state index in [0.717, 1.165) is 30.3 Å². The maximum atomic E-state index is 13.6. The molecule has 0 atom stereocenters. The molecule has 0 unspecified atom stereocenters. The highest BCUT2D eigenvalue weighted by Crippen LogP contribution is 2.25. The zero-order chi connectivity index (χ0) is 23.3. The number of halogens is 2. The molecular weight excluding hydrogens is 436 g/mol. The predicted molar refractivity (Wildman–Crippen MR) is 117 cm³/mol. The molecule has 0 N–H and O–H groups in total. The molecule has 3 aromatic carbocycles. The average molecular weight is 460 g/mol. The van der Waals surface area contributed by atoms with E-state index in [0.29, 0.717) is 12.1 Å². The van der Waals surface area contributed by atoms with E-state index in [4.69, 9.17) is 4.18 Å². The zero-order valence-corrected chi connectivity index (χ0v) is 18.5. The Morgan fingerprint density at radius 3 is 2.28 bits per heavy atom. The first-order valence-electron chi connectivity index (χ1n) is 9.98. The van der Waals surface area contributed by atoms with Gasteiger partial charge in [0.05, 0.1) is 0 Å². The molecule has 0 bridgehead atoms. The summed E-state index contributed by atoms with van der Waals surface area (Å²) in [7, 11) is -4.21. The quantitative estimate of drug-likeness (QED) is 0.443. The second-order valence-electron chi connectivity index (χ2n) is 7.69. The summed E-state index contributed by atoms with van der Waals surface area (Å²) in [5, 5.41) is 0. The van der Waals surface area contributed by atoms with Gasteiger partial charge in [0, 0.05) is 24.2 Å². The molecule has 8 heteroatoms. The maximum absolute atomic E-state index is 13.6. The molecule has 5 nitrogen and oxygen atoms in total. The summed E-state index contributed by atoms with van der Waals surface area (Å²) >= 11 is 0. The van der Waals surface area contributed by atoms with Crippen LogP contribution in [-0.2, 0) is 16.7 Å². The summed E-state index contributed by atoms with van der Waals surface area (Å²) in [6.07, 6.45) is 0. The van der Waals surface area contributed by atoms with Crippen LogP contribution in [0.2, 0.25) is 0 Å². The van der Waals surface area contributed by atoms with E-state index in [1.807, 2.05) is 13.8 Å². The number of carbonyl (C=O) groups excluding carboxylic acids is 1. The molecule has 0 radical (unpaired) electrons. The van der Waals surface area contributed by atoms with Gasteiger partial charge in [-0.1, -0.05) is 38.1 Å². The van der Waals surface area contributed by atoms with Crippen molar-refractivity contribution in [1.82, 2.24) is 4.90 Å². The highest BCUT2D eigenvalue weighted by molar-refractivity contribution is 7.87. The molecule has 32 heavy (non-hydrogen) atoms. The van der Waals surface area contributed by atoms with E-state index in [1.54, 1.807) is 18.2 Å². The third-order valence-electron chi connectivity index (χ3n) is 4.58. The minimum Gasteiger partial charge on any atom is -0.379 e. The van der Waals surface area contributed by atoms with Crippen molar-refractivity contribution in [1.29, 1.82) is 0 Å². The number of amides is 1. The van der Waals surface area contributed by atoms with Crippen molar-refractivity contribution >= 4 is 16.0 Å². The van der Waals surface area contributed by atoms with Gasteiger partial charge < -0.3 is 9.08 Å². The Morgan fingerprint density at radius 1 is 0.938 bits per heavy atom. The van der Waals surface area contributed by atoms with Gasteiger partial charge in [-0.3, -0.25) is 4.79 Å². The molecule has 0 aliphatic rings. The second-order valence-corrected chi connectivity index (χ2v) is 9.24. The van der Waals surface area contributed by atoms with Gasteiger partial charge in [-0.05, 0) is 54.4 Å². The molecule has 3 rings (SSSR count). The van der Waals surface area contributed by atoms with Crippen LogP contribution in [0.15, 0.2) is 77.7 Å². The van der Waals surface area contributed by atoms with E-state index in [1.165, 1.54) is 29.2 Å². The van der Waals surface area contributed by atoms with Crippen LogP contribution >= 0.6 is 0 Å². The predicted octanol–water partition coefficient (Wildman–Crippen LogP) is 5.03. The summed E-state index contributed by atoms with van der Waals surface area (Å²) < 4.78 is 57.4. The molecule has 0 saturated heterocycles. The van der Waals surface area contributed by atoms with Crippen molar-refractivity contribution < 1.29 is 26.2 Å². The Kier molecular flexibility index (Phi) is 7.25. The highest BCUT2D eigenvalue weighted by atomic mass is 32.2. The van der Waals surface area contributed by atoms with Gasteiger partial charge in [0.2, 0.25) is 0 Å². The SMILES string of the molecule is CC(C)CN(Cc1ccccc1OS(=O)(=O)c1ccc(F)cc1)C(=O)c1cccc(F)c1. The van der Waals surface area contributed by atoms with Gasteiger partial charge in [0.1, 0.15) is 22.3 Å². The van der Waals surface area contributed by atoms with E-state index >= 15 is 0 Å². The molecule has 0 fully saturated rings. The van der Waals surface area contributed by atoms with Crippen molar-refractivity contribution in [3.05, 3.63) is 95.6 Å². The number of carbonyl (C=O) groups is 1. The van der Waals surface area contributed by atoms with E-state index < -0.39 is 21.8 Å². The third kappa shape index (κ3) is 5.91. The molecule has 168 valence electrons. The van der Waals surface area contributed by atoms with Crippen LogP contribution in [0, 0.1) is 17.6 Å². The van der Waals surface area contributed by atoms with Crippen molar-refractivity contribution in [3.8, 4) is 5.75 Å². The van der Waals surface area contributed by atoms with Crippen LogP contribution in [0.25, 0.3) is 0 Å². The summed E-state index contributed by atoms with van der Waals surface area (Å²) in [5.74, 6) is -1.30. The number of hydrogen-bond donors (Lipinski definition) is 0. The van der Waals surface area contributed by atoms with Gasteiger partial charge in [-0.2, -0.15) is 8.42 Å². The standard InChI is InChI=1S/C24H23F2NO4S/c1-17(2)15-27(24(28)18-7-5-8-21(26)14-18)16-19-6-3-4-9-23(19)31-32(29,30)22-12-10-20(25)11-13-22/h3-14,17H,15-16H2,1-2H3. The smallest absolute Gasteiger partial charge is 0.339 e. The zero-order valence-electron chi connectivity index (χ0n) is 17.7. The molecule has 0 heterocycles. The van der Waals surface area contributed by atoms with Crippen molar-refractivity contribution in [2.45, 2.75) is 25.3 Å². The number of para-hydroxylation sites is 1. The number of nitrogens with zero attached hydrogens (tertiary/aromatic N) is 1. The number of benzene rings is 3. The summed E-state index contributed by atoms with van der Waals surface area (Å²) in [4.78, 5) is 14.4. The van der Waals surface area contributed by atoms with Crippen LogP contribution in [-0.4, -0.2) is 25.8 Å². The molecular formula is C24H23F2NO4S. The first-order valence-corrected chi connectivity index (χ1v) is 11.4. The third-order valence-corrected chi connectivity index (χ3v) is 5.83. The highest BCUT2D eigenvalue weighted by Gasteiger charge is 2.22. The lowest BCUT2D eigenvalue weighted by Gasteiger charge is -2.26. The summed E-state index contributed by atoms with van der Waals surface area (Å²) in [6, 6.07) is 16.2. The lowest BCUT2D eigenvalue weighted by molar-refractivity contribution is 0.0721. The molecule has 0 aromatic heterocycles. The fourth-order valence-electron chi connectivity index (χ4n) is 3.15. The van der Waals surface area contributed by atoms with Gasteiger partial charge in [0.25, 0.3) is 5.91 Å². The number of rotatable bonds is 8. The minimum absolute atomic E-state index is 0.0534. The van der Waals surface area contributed by atoms with Crippen molar-refractivity contribution in [2.75, 3.05) is 6.54 Å². The summed E-state index contributed by atoms with van der Waals surface area (Å²) in [6.45, 7) is 4.30. The Balaban J connectivity index is 1.89. The van der Waals surface area contributed by atoms with Crippen molar-refractivity contribution in [2.24, 2.45) is 5.92 Å². The molecule has 0 aliphatic heterocycles. The molecule has 0 aliphatic carbocycles. The minimum atomic E-state index is -4.21. The average Bonchev–Trinajstić information content (AvgIpc) is 2.74. The van der Waals surface area contributed by atoms with Gasteiger partial charge >= 0.3 is 10.1 Å². The van der Waals surface area contributed by atoms with Crippen LogP contribution < -0.4 is 4.18 Å². The Morgan fingerprint density at radius 2 is 1.62 bits per heavy atom. The number of hydrogen-bond acceptors (Lipinski definition) is 4. The Hall–Kier alpha value is -3.26. The van der Waals surface area contributed by atoms with E-state index in [2.05, 4.69) is 0 Å². The van der Waals surface area contributed by atoms with E-state index in [9.17, 15) is 22.0 Å². The topological polar surface area (TPSA) is 63.7 Å². The lowest BCUT2D eigenvalue weighted by Crippen LogP contribution is -2.34. The maximum Gasteiger partial charge on any atom is 0.339 e. The largest absolute Gasteiger partial charge is 0.379 e. The Labute approximate surface area is 186 Å². The molecule has 0 saturated carbocycles. The molecule has 0 spiro atoms. The first-order chi connectivity index (χ1) is 15.2. The van der Waals surface area contributed by atoms with Crippen LogP contribution in [0.5, 0.6) is 5.75 Å². The van der Waals surface area contributed by atoms with Gasteiger partial charge in [-0.15, -0.1) is 0 Å². The first kappa shape index (κ1) is 23.4. The van der Waals surface area contributed by atoms with E-state index in [-0.39, 0.29) is 34.6 Å². The molecule has 1 amide bonds.